The van der Waals surface area contributed by atoms with Crippen LogP contribution in [0.2, 0.25) is 0 Å². The molecule has 0 radical (unpaired) electrons. The lowest BCUT2D eigenvalue weighted by atomic mass is 9.96. The highest BCUT2D eigenvalue weighted by Gasteiger charge is 2.33. The summed E-state index contributed by atoms with van der Waals surface area (Å²) in [7, 11) is 0. The highest BCUT2D eigenvalue weighted by atomic mass is 32.1. The Kier molecular flexibility index (Phi) is 12.0. The monoisotopic (exact) mass is 1440 g/mol. The summed E-state index contributed by atoms with van der Waals surface area (Å²) in [6.45, 7) is 0. The average Bonchev–Trinajstić information content (AvgIpc) is 1.62. The Bertz CT molecular complexity index is 8300. The first-order valence-corrected chi connectivity index (χ1v) is 38.7. The van der Waals surface area contributed by atoms with Gasteiger partial charge in [0.1, 0.15) is 11.2 Å². The third kappa shape index (κ3) is 8.15. The molecule has 0 saturated carbocycles. The average molecular weight is 1450 g/mol. The number of hydrogen-bond donors (Lipinski definition) is 0. The van der Waals surface area contributed by atoms with Crippen LogP contribution in [-0.2, 0) is 0 Å². The molecule has 26 rings (SSSR count). The molecule has 2 aliphatic heterocycles. The van der Waals surface area contributed by atoms with E-state index in [0.717, 1.165) is 210 Å². The van der Waals surface area contributed by atoms with Crippen LogP contribution in [0.4, 0.5) is 34.1 Å². The maximum atomic E-state index is 6.58. The van der Waals surface area contributed by atoms with Gasteiger partial charge in [0.05, 0.1) is 106 Å². The molecule has 24 aromatic rings. The van der Waals surface area contributed by atoms with Gasteiger partial charge in [-0.25, -0.2) is 19.9 Å². The van der Waals surface area contributed by atoms with Crippen LogP contribution >= 0.6 is 11.3 Å². The molecule has 16 aromatic carbocycles. The van der Waals surface area contributed by atoms with Crippen molar-refractivity contribution in [3.05, 3.63) is 340 Å². The molecule has 0 amide bonds. The standard InChI is InChI=1S/C100H56N10OS/c1-2-20-59(21-3-1)105-82-34-14-7-27-74(82)93-91-77(29-18-36-85(91)105)101-100(103-93)110-81-33-13-6-24-65(81)72-51-52-73-76-54-58(42-53-84(76)108(96(73)98(72)110)62-46-48-69-68-26-10-17-39-89(68)112-90(69)56-62)57-40-43-60(44-41-57)106-83-35-15-8-28-75(83)94-92-78(30-19-37-86(92)106)102-99(104-94)109-80-32-12-5-23-64(80)71-50-49-70-63-22-4-11-31-79(63)107(95(70)97(71)109)61-45-47-67-66-25-9-16-38-87(66)111-88(67)55-61/h1-56H. The Morgan fingerprint density at radius 1 is 0.241 bits per heavy atom. The largest absolute Gasteiger partial charge is 0.456 e. The van der Waals surface area contributed by atoms with Crippen LogP contribution in [0.1, 0.15) is 0 Å². The van der Waals surface area contributed by atoms with Crippen molar-refractivity contribution < 1.29 is 4.42 Å². The predicted octanol–water partition coefficient (Wildman–Crippen LogP) is 26.8. The first-order chi connectivity index (χ1) is 55.6. The third-order valence-electron chi connectivity index (χ3n) is 23.8. The minimum Gasteiger partial charge on any atom is -0.456 e. The first-order valence-electron chi connectivity index (χ1n) is 37.9. The molecule has 0 spiro atoms. The molecule has 0 atom stereocenters. The van der Waals surface area contributed by atoms with Crippen LogP contribution in [-0.4, -0.2) is 38.2 Å². The van der Waals surface area contributed by atoms with Gasteiger partial charge in [0.25, 0.3) is 0 Å². The first kappa shape index (κ1) is 60.1. The topological polar surface area (TPSA) is 90.9 Å². The predicted molar refractivity (Wildman–Crippen MR) is 463 cm³/mol. The van der Waals surface area contributed by atoms with Gasteiger partial charge in [-0.2, -0.15) is 0 Å². The fourth-order valence-electron chi connectivity index (χ4n) is 19.1. The van der Waals surface area contributed by atoms with Crippen LogP contribution in [0.3, 0.4) is 0 Å². The maximum absolute atomic E-state index is 6.58. The summed E-state index contributed by atoms with van der Waals surface area (Å²) in [4.78, 5) is 27.6. The summed E-state index contributed by atoms with van der Waals surface area (Å²) in [5.41, 5.74) is 26.4. The van der Waals surface area contributed by atoms with Crippen LogP contribution in [0.15, 0.2) is 344 Å². The summed E-state index contributed by atoms with van der Waals surface area (Å²) in [6.07, 6.45) is 0. The third-order valence-corrected chi connectivity index (χ3v) is 24.9. The van der Waals surface area contributed by atoms with Gasteiger partial charge in [0, 0.05) is 108 Å². The second-order valence-electron chi connectivity index (χ2n) is 29.6. The van der Waals surface area contributed by atoms with Gasteiger partial charge in [-0.3, -0.25) is 9.13 Å². The Labute approximate surface area is 641 Å². The lowest BCUT2D eigenvalue weighted by Crippen LogP contribution is -2.16. The molecule has 12 heteroatoms. The molecule has 11 nitrogen and oxygen atoms in total. The Morgan fingerprint density at radius 2 is 0.661 bits per heavy atom. The summed E-state index contributed by atoms with van der Waals surface area (Å²) < 4.78 is 18.6. The number of fused-ring (bicyclic) bond motifs is 24. The molecule has 518 valence electrons. The molecule has 0 fully saturated rings. The van der Waals surface area contributed by atoms with E-state index in [2.05, 4.69) is 356 Å². The van der Waals surface area contributed by atoms with Gasteiger partial charge in [-0.05, 0) is 139 Å². The second-order valence-corrected chi connectivity index (χ2v) is 30.7. The lowest BCUT2D eigenvalue weighted by molar-refractivity contribution is 0.668. The number of furan rings is 1. The quantitative estimate of drug-likeness (QED) is 0.157. The van der Waals surface area contributed by atoms with Crippen molar-refractivity contribution in [2.24, 2.45) is 0 Å². The fraction of sp³-hybridized carbons (Fsp3) is 0. The van der Waals surface area contributed by atoms with Gasteiger partial charge >= 0.3 is 0 Å². The Hall–Kier alpha value is -15.0. The van der Waals surface area contributed by atoms with Crippen molar-refractivity contribution in [3.8, 4) is 56.9 Å². The van der Waals surface area contributed by atoms with Gasteiger partial charge in [-0.15, -0.1) is 11.3 Å². The zero-order valence-electron chi connectivity index (χ0n) is 59.6. The van der Waals surface area contributed by atoms with Crippen molar-refractivity contribution in [2.75, 3.05) is 9.80 Å². The number of nitrogens with zero attached hydrogens (tertiary/aromatic N) is 10. The molecule has 10 heterocycles. The number of rotatable bonds is 7. The van der Waals surface area contributed by atoms with Crippen LogP contribution < -0.4 is 9.80 Å². The van der Waals surface area contributed by atoms with Gasteiger partial charge < -0.3 is 23.4 Å². The Balaban J connectivity index is 0.636. The molecule has 0 bridgehead atoms. The van der Waals surface area contributed by atoms with Crippen molar-refractivity contribution >= 4 is 197 Å². The maximum Gasteiger partial charge on any atom is 0.235 e. The lowest BCUT2D eigenvalue weighted by Gasteiger charge is -2.33. The molecule has 8 aromatic heterocycles. The van der Waals surface area contributed by atoms with E-state index in [4.69, 9.17) is 24.4 Å². The molecular formula is C100H56N10OS. The highest BCUT2D eigenvalue weighted by molar-refractivity contribution is 7.25. The molecule has 112 heavy (non-hydrogen) atoms. The number of aromatic nitrogens is 8. The molecule has 0 aliphatic carbocycles. The smallest absolute Gasteiger partial charge is 0.235 e. The van der Waals surface area contributed by atoms with Crippen LogP contribution in [0, 0.1) is 0 Å². The SMILES string of the molecule is c1ccc(N2c3ccccc3-c3nc(-n4c5ccccc5c5ccc6c7cc(-c8ccc(N9c%10ccccc%10-c%10nc(-n%11c%12ccccc%12c%12ccc%13c%14ccccc%14n(-c%14ccc%15c(c%14)oc%14ccccc%14%15)c%13c%12%11)nc%11cccc9c%10%11)cc8)ccc7n(-c7ccc8c(c7)sc7ccccc78)c6c54)nc4cccc2c34)cc1. The number of thiophene rings is 1. The van der Waals surface area contributed by atoms with Crippen LogP contribution in [0.25, 0.3) is 208 Å². The number of anilines is 6. The van der Waals surface area contributed by atoms with Gasteiger partial charge in [0.2, 0.25) is 11.9 Å². The summed E-state index contributed by atoms with van der Waals surface area (Å²) in [5.74, 6) is 1.22. The number of hydrogen-bond acceptors (Lipinski definition) is 8. The van der Waals surface area contributed by atoms with E-state index < -0.39 is 0 Å². The minimum atomic E-state index is 0.601. The number of para-hydroxylation sites is 7. The van der Waals surface area contributed by atoms with E-state index in [0.29, 0.717) is 11.9 Å². The molecule has 2 aliphatic rings. The summed E-state index contributed by atoms with van der Waals surface area (Å²) in [5, 5.41) is 15.8. The van der Waals surface area contributed by atoms with E-state index in [1.807, 2.05) is 23.5 Å². The van der Waals surface area contributed by atoms with E-state index in [9.17, 15) is 0 Å². The van der Waals surface area contributed by atoms with Crippen LogP contribution in [0.5, 0.6) is 0 Å². The Morgan fingerprint density at radius 3 is 1.27 bits per heavy atom. The molecule has 0 saturated heterocycles. The zero-order chi connectivity index (χ0) is 72.7. The fourth-order valence-corrected chi connectivity index (χ4v) is 20.2. The van der Waals surface area contributed by atoms with E-state index in [1.54, 1.807) is 0 Å². The van der Waals surface area contributed by atoms with Crippen molar-refractivity contribution in [3.63, 3.8) is 0 Å². The van der Waals surface area contributed by atoms with Crippen molar-refractivity contribution in [1.29, 1.82) is 0 Å². The molecule has 0 N–H and O–H groups in total. The van der Waals surface area contributed by atoms with E-state index >= 15 is 0 Å². The minimum absolute atomic E-state index is 0.601. The molecular weight excluding hydrogens is 1390 g/mol. The highest BCUT2D eigenvalue weighted by Crippen LogP contribution is 2.54. The second kappa shape index (κ2) is 22.3. The van der Waals surface area contributed by atoms with Gasteiger partial charge in [0.15, 0.2) is 0 Å². The normalized spacial score (nSPS) is 12.8. The number of benzene rings is 16. The van der Waals surface area contributed by atoms with E-state index in [-0.39, 0.29) is 0 Å². The van der Waals surface area contributed by atoms with Crippen molar-refractivity contribution in [2.45, 2.75) is 0 Å². The van der Waals surface area contributed by atoms with E-state index in [1.165, 1.54) is 20.2 Å². The zero-order valence-corrected chi connectivity index (χ0v) is 60.4. The molecule has 0 unspecified atom stereocenters. The van der Waals surface area contributed by atoms with Crippen molar-refractivity contribution in [1.82, 2.24) is 38.2 Å². The van der Waals surface area contributed by atoms with Gasteiger partial charge in [-0.1, -0.05) is 206 Å². The summed E-state index contributed by atoms with van der Waals surface area (Å²) in [6, 6.07) is 123. The summed E-state index contributed by atoms with van der Waals surface area (Å²) >= 11 is 1.84.